The predicted molar refractivity (Wildman–Crippen MR) is 42.1 cm³/mol. The van der Waals surface area contributed by atoms with Crippen LogP contribution >= 0.6 is 12.4 Å². The van der Waals surface area contributed by atoms with Crippen molar-refractivity contribution in [3.63, 3.8) is 0 Å². The minimum absolute atomic E-state index is 0. The zero-order chi connectivity index (χ0) is 7.28. The van der Waals surface area contributed by atoms with Gasteiger partial charge in [-0.3, -0.25) is 4.79 Å². The Morgan fingerprint density at radius 2 is 2.10 bits per heavy atom. The highest BCUT2D eigenvalue weighted by molar-refractivity contribution is 5.85. The lowest BCUT2D eigenvalue weighted by Crippen LogP contribution is -2.31. The normalized spacial score (nSPS) is 11.5. The van der Waals surface area contributed by atoms with Gasteiger partial charge in [0.25, 0.3) is 0 Å². The van der Waals surface area contributed by atoms with Crippen LogP contribution in [0.1, 0.15) is 20.3 Å². The largest absolute Gasteiger partial charge is 0.465 e. The first kappa shape index (κ1) is 12.4. The highest BCUT2D eigenvalue weighted by Gasteiger charge is 2.10. The summed E-state index contributed by atoms with van der Waals surface area (Å²) < 4.78 is 4.63. The van der Waals surface area contributed by atoms with E-state index in [2.05, 4.69) is 4.74 Å². The van der Waals surface area contributed by atoms with Gasteiger partial charge in [-0.25, -0.2) is 0 Å². The van der Waals surface area contributed by atoms with Crippen LogP contribution in [0.3, 0.4) is 0 Å². The number of ether oxygens (including phenoxy) is 1. The summed E-state index contributed by atoms with van der Waals surface area (Å²) in [6, 6.07) is -0.440. The number of nitrogens with two attached hydrogens (primary N) is 1. The van der Waals surface area contributed by atoms with Crippen molar-refractivity contribution in [1.29, 1.82) is 0 Å². The van der Waals surface area contributed by atoms with E-state index in [-0.39, 0.29) is 18.4 Å². The van der Waals surface area contributed by atoms with E-state index < -0.39 is 6.04 Å². The van der Waals surface area contributed by atoms with Crippen molar-refractivity contribution in [3.8, 4) is 0 Å². The molecular weight excluding hydrogens is 154 g/mol. The molecule has 0 saturated carbocycles. The van der Waals surface area contributed by atoms with Gasteiger partial charge in [0.15, 0.2) is 0 Å². The molecule has 4 heteroatoms. The van der Waals surface area contributed by atoms with Crippen LogP contribution in [0.25, 0.3) is 0 Å². The summed E-state index contributed by atoms with van der Waals surface area (Å²) in [5.74, 6) is -0.306. The molecule has 0 bridgehead atoms. The van der Waals surface area contributed by atoms with Crippen LogP contribution in [0.5, 0.6) is 0 Å². The van der Waals surface area contributed by atoms with Crippen molar-refractivity contribution in [1.82, 2.24) is 0 Å². The molecule has 0 amide bonds. The van der Waals surface area contributed by atoms with Gasteiger partial charge in [0, 0.05) is 0 Å². The van der Waals surface area contributed by atoms with E-state index in [1.807, 2.05) is 6.92 Å². The molecule has 3 nitrogen and oxygen atoms in total. The maximum atomic E-state index is 10.6. The van der Waals surface area contributed by atoms with Crippen molar-refractivity contribution in [2.45, 2.75) is 26.3 Å². The zero-order valence-electron chi connectivity index (χ0n) is 6.29. The van der Waals surface area contributed by atoms with Crippen molar-refractivity contribution in [2.24, 2.45) is 5.73 Å². The molecule has 0 aliphatic rings. The van der Waals surface area contributed by atoms with Gasteiger partial charge in [-0.05, 0) is 13.3 Å². The second-order valence-corrected chi connectivity index (χ2v) is 1.77. The first-order valence-electron chi connectivity index (χ1n) is 3.14. The number of hydrogen-bond donors (Lipinski definition) is 1. The van der Waals surface area contributed by atoms with Crippen molar-refractivity contribution >= 4 is 18.4 Å². The Bertz CT molecular complexity index is 97.7. The topological polar surface area (TPSA) is 52.3 Å². The van der Waals surface area contributed by atoms with Gasteiger partial charge in [-0.1, -0.05) is 6.92 Å². The molecule has 0 fully saturated rings. The standard InChI is InChI=1S/C6H13NO2.ClH/c1-3-5(7)6(8)9-4-2;/h5H,3-4,7H2,1-2H3;1H/t5-;/m0./s1. The molecule has 0 heterocycles. The summed E-state index contributed by atoms with van der Waals surface area (Å²) in [6.45, 7) is 4.02. The Labute approximate surface area is 67.3 Å². The quantitative estimate of drug-likeness (QED) is 0.630. The molecule has 0 saturated heterocycles. The molecule has 0 aliphatic carbocycles. The molecule has 0 spiro atoms. The van der Waals surface area contributed by atoms with Crippen molar-refractivity contribution in [3.05, 3.63) is 0 Å². The fourth-order valence-corrected chi connectivity index (χ4v) is 0.416. The monoisotopic (exact) mass is 167 g/mol. The summed E-state index contributed by atoms with van der Waals surface area (Å²) in [5.41, 5.74) is 5.33. The van der Waals surface area contributed by atoms with Crippen LogP contribution < -0.4 is 5.73 Å². The maximum Gasteiger partial charge on any atom is 0.322 e. The molecule has 0 aromatic carbocycles. The van der Waals surface area contributed by atoms with E-state index in [0.717, 1.165) is 0 Å². The van der Waals surface area contributed by atoms with Gasteiger partial charge in [0.05, 0.1) is 6.61 Å². The molecular formula is C6H14ClNO2. The fourth-order valence-electron chi connectivity index (χ4n) is 0.416. The van der Waals surface area contributed by atoms with Crippen molar-refractivity contribution < 1.29 is 9.53 Å². The Kier molecular flexibility index (Phi) is 8.48. The second-order valence-electron chi connectivity index (χ2n) is 1.77. The summed E-state index contributed by atoms with van der Waals surface area (Å²) in [7, 11) is 0. The first-order chi connectivity index (χ1) is 4.22. The molecule has 0 aromatic heterocycles. The smallest absolute Gasteiger partial charge is 0.322 e. The van der Waals surface area contributed by atoms with E-state index in [1.54, 1.807) is 6.92 Å². The third-order valence-electron chi connectivity index (χ3n) is 1.03. The number of halogens is 1. The van der Waals surface area contributed by atoms with E-state index in [9.17, 15) is 4.79 Å². The van der Waals surface area contributed by atoms with Crippen LogP contribution in [-0.2, 0) is 9.53 Å². The molecule has 2 N–H and O–H groups in total. The van der Waals surface area contributed by atoms with Crippen LogP contribution in [0.15, 0.2) is 0 Å². The fraction of sp³-hybridized carbons (Fsp3) is 0.833. The molecule has 62 valence electrons. The lowest BCUT2D eigenvalue weighted by atomic mass is 10.2. The number of hydrogen-bond acceptors (Lipinski definition) is 3. The van der Waals surface area contributed by atoms with E-state index in [1.165, 1.54) is 0 Å². The first-order valence-corrected chi connectivity index (χ1v) is 3.14. The summed E-state index contributed by atoms with van der Waals surface area (Å²) in [5, 5.41) is 0. The number of carbonyl (C=O) groups is 1. The Balaban J connectivity index is 0. The molecule has 0 radical (unpaired) electrons. The molecule has 0 rings (SSSR count). The Morgan fingerprint density at radius 1 is 1.60 bits per heavy atom. The summed E-state index contributed by atoms with van der Waals surface area (Å²) in [4.78, 5) is 10.6. The number of carbonyl (C=O) groups excluding carboxylic acids is 1. The summed E-state index contributed by atoms with van der Waals surface area (Å²) >= 11 is 0. The van der Waals surface area contributed by atoms with Gasteiger partial charge < -0.3 is 10.5 Å². The van der Waals surface area contributed by atoms with Crippen LogP contribution in [0.4, 0.5) is 0 Å². The van der Waals surface area contributed by atoms with Crippen LogP contribution in [0.2, 0.25) is 0 Å². The third-order valence-corrected chi connectivity index (χ3v) is 1.03. The second kappa shape index (κ2) is 6.83. The molecule has 0 aromatic rings. The molecule has 0 unspecified atom stereocenters. The highest BCUT2D eigenvalue weighted by atomic mass is 35.5. The highest BCUT2D eigenvalue weighted by Crippen LogP contribution is 1.89. The maximum absolute atomic E-state index is 10.6. The molecule has 10 heavy (non-hydrogen) atoms. The zero-order valence-corrected chi connectivity index (χ0v) is 7.11. The lowest BCUT2D eigenvalue weighted by Gasteiger charge is -2.05. The average molecular weight is 168 g/mol. The van der Waals surface area contributed by atoms with Gasteiger partial charge in [-0.2, -0.15) is 0 Å². The van der Waals surface area contributed by atoms with Crippen molar-refractivity contribution in [2.75, 3.05) is 6.61 Å². The SMILES string of the molecule is CCOC(=O)[C@@H](N)CC.Cl. The number of esters is 1. The van der Waals surface area contributed by atoms with E-state index in [4.69, 9.17) is 5.73 Å². The molecule has 1 atom stereocenters. The average Bonchev–Trinajstić information content (AvgIpc) is 1.87. The van der Waals surface area contributed by atoms with Gasteiger partial charge >= 0.3 is 5.97 Å². The van der Waals surface area contributed by atoms with E-state index >= 15 is 0 Å². The Hall–Kier alpha value is -0.280. The third kappa shape index (κ3) is 4.58. The lowest BCUT2D eigenvalue weighted by molar-refractivity contribution is -0.144. The van der Waals surface area contributed by atoms with Crippen LogP contribution in [0, 0.1) is 0 Å². The van der Waals surface area contributed by atoms with Gasteiger partial charge in [0.2, 0.25) is 0 Å². The van der Waals surface area contributed by atoms with Crippen LogP contribution in [-0.4, -0.2) is 18.6 Å². The molecule has 0 aliphatic heterocycles. The minimum atomic E-state index is -0.440. The summed E-state index contributed by atoms with van der Waals surface area (Å²) in [6.07, 6.45) is 0.638. The number of rotatable bonds is 3. The Morgan fingerprint density at radius 3 is 2.40 bits per heavy atom. The van der Waals surface area contributed by atoms with Gasteiger partial charge in [0.1, 0.15) is 6.04 Å². The van der Waals surface area contributed by atoms with E-state index in [0.29, 0.717) is 13.0 Å². The predicted octanol–water partition coefficient (Wildman–Crippen LogP) is 0.709. The van der Waals surface area contributed by atoms with Gasteiger partial charge in [-0.15, -0.1) is 12.4 Å². The minimum Gasteiger partial charge on any atom is -0.465 e.